The minimum absolute atomic E-state index is 0.0235. The van der Waals surface area contributed by atoms with Crippen LogP contribution in [-0.2, 0) is 19.4 Å². The Balaban J connectivity index is 4.12. The van der Waals surface area contributed by atoms with Gasteiger partial charge in [-0.1, -0.05) is 0 Å². The molecular weight excluding hydrogens is 276 g/mol. The highest BCUT2D eigenvalue weighted by molar-refractivity contribution is 7.90. The molecule has 0 bridgehead atoms. The molecule has 19 heavy (non-hydrogen) atoms. The van der Waals surface area contributed by atoms with Crippen molar-refractivity contribution < 1.29 is 27.9 Å². The van der Waals surface area contributed by atoms with Gasteiger partial charge in [-0.2, -0.15) is 0 Å². The lowest BCUT2D eigenvalue weighted by molar-refractivity contribution is -0.137. The van der Waals surface area contributed by atoms with Crippen LogP contribution < -0.4 is 5.32 Å². The second-order valence-electron chi connectivity index (χ2n) is 4.02. The summed E-state index contributed by atoms with van der Waals surface area (Å²) >= 11 is 0. The molecule has 8 nitrogen and oxygen atoms in total. The van der Waals surface area contributed by atoms with E-state index < -0.39 is 28.4 Å². The topological polar surface area (TPSA) is 113 Å². The highest BCUT2D eigenvalue weighted by Crippen LogP contribution is 1.92. The first-order valence-electron chi connectivity index (χ1n) is 5.67. The van der Waals surface area contributed by atoms with E-state index in [0.29, 0.717) is 0 Å². The Morgan fingerprint density at radius 3 is 2.47 bits per heavy atom. The van der Waals surface area contributed by atoms with Crippen LogP contribution in [0.2, 0.25) is 0 Å². The van der Waals surface area contributed by atoms with Gasteiger partial charge in [0.15, 0.2) is 0 Å². The molecule has 0 aliphatic carbocycles. The molecule has 0 aromatic heterocycles. The van der Waals surface area contributed by atoms with Crippen LogP contribution in [0.3, 0.4) is 0 Å². The number of methoxy groups -OCH3 is 1. The number of urea groups is 1. The van der Waals surface area contributed by atoms with E-state index in [1.165, 1.54) is 7.11 Å². The molecule has 0 rings (SSSR count). The monoisotopic (exact) mass is 296 g/mol. The molecule has 0 radical (unpaired) electrons. The SMILES string of the molecule is COCCN(CC(=O)O)C(=O)NCCCS(C)(=O)=O. The Labute approximate surface area is 112 Å². The zero-order valence-corrected chi connectivity index (χ0v) is 11.9. The van der Waals surface area contributed by atoms with Gasteiger partial charge >= 0.3 is 12.0 Å². The third-order valence-corrected chi connectivity index (χ3v) is 3.18. The largest absolute Gasteiger partial charge is 0.480 e. The number of hydrogen-bond acceptors (Lipinski definition) is 5. The summed E-state index contributed by atoms with van der Waals surface area (Å²) in [6.07, 6.45) is 1.40. The summed E-state index contributed by atoms with van der Waals surface area (Å²) in [5.74, 6) is -1.15. The molecule has 2 N–H and O–H groups in total. The number of carbonyl (C=O) groups is 2. The predicted molar refractivity (Wildman–Crippen MR) is 68.8 cm³/mol. The summed E-state index contributed by atoms with van der Waals surface area (Å²) in [5.41, 5.74) is 0. The van der Waals surface area contributed by atoms with Crippen LogP contribution in [0.5, 0.6) is 0 Å². The second-order valence-corrected chi connectivity index (χ2v) is 6.28. The third kappa shape index (κ3) is 10.3. The second kappa shape index (κ2) is 8.70. The van der Waals surface area contributed by atoms with Crippen LogP contribution >= 0.6 is 0 Å². The van der Waals surface area contributed by atoms with Gasteiger partial charge in [-0.25, -0.2) is 13.2 Å². The summed E-state index contributed by atoms with van der Waals surface area (Å²) in [6, 6.07) is -0.548. The lowest BCUT2D eigenvalue weighted by atomic mass is 10.4. The van der Waals surface area contributed by atoms with Crippen molar-refractivity contribution in [2.45, 2.75) is 6.42 Å². The average molecular weight is 296 g/mol. The number of carboxylic acids is 1. The van der Waals surface area contributed by atoms with Gasteiger partial charge in [0.2, 0.25) is 0 Å². The maximum atomic E-state index is 11.7. The summed E-state index contributed by atoms with van der Waals surface area (Å²) in [7, 11) is -1.61. The number of nitrogens with one attached hydrogen (secondary N) is 1. The Morgan fingerprint density at radius 1 is 1.37 bits per heavy atom. The first-order valence-corrected chi connectivity index (χ1v) is 7.73. The van der Waals surface area contributed by atoms with Crippen LogP contribution in [0.25, 0.3) is 0 Å². The van der Waals surface area contributed by atoms with E-state index in [1.54, 1.807) is 0 Å². The zero-order valence-electron chi connectivity index (χ0n) is 11.1. The molecule has 0 aromatic carbocycles. The molecule has 0 spiro atoms. The van der Waals surface area contributed by atoms with Crippen molar-refractivity contribution >= 4 is 21.8 Å². The Bertz CT molecular complexity index is 395. The standard InChI is InChI=1S/C10H20N2O6S/c1-18-6-5-12(8-9(13)14)10(15)11-4-3-7-19(2,16)17/h3-8H2,1-2H3,(H,11,15)(H,13,14). The zero-order chi connectivity index (χ0) is 14.9. The van der Waals surface area contributed by atoms with Crippen molar-refractivity contribution in [2.24, 2.45) is 0 Å². The average Bonchev–Trinajstić information content (AvgIpc) is 2.28. The number of rotatable bonds is 9. The van der Waals surface area contributed by atoms with E-state index in [1.807, 2.05) is 0 Å². The van der Waals surface area contributed by atoms with Crippen molar-refractivity contribution in [3.63, 3.8) is 0 Å². The minimum atomic E-state index is -3.05. The fourth-order valence-electron chi connectivity index (χ4n) is 1.26. The summed E-state index contributed by atoms with van der Waals surface area (Å²) in [6.45, 7) is 0.126. The molecule has 2 amide bonds. The quantitative estimate of drug-likeness (QED) is 0.537. The van der Waals surface area contributed by atoms with E-state index in [0.717, 1.165) is 11.2 Å². The van der Waals surface area contributed by atoms with Crippen molar-refractivity contribution in [3.05, 3.63) is 0 Å². The van der Waals surface area contributed by atoms with Gasteiger partial charge in [0, 0.05) is 26.5 Å². The van der Waals surface area contributed by atoms with Gasteiger partial charge in [-0.05, 0) is 6.42 Å². The smallest absolute Gasteiger partial charge is 0.323 e. The molecule has 112 valence electrons. The number of carboxylic acid groups (broad SMARTS) is 1. The van der Waals surface area contributed by atoms with Gasteiger partial charge in [0.1, 0.15) is 16.4 Å². The molecule has 0 aliphatic heterocycles. The molecule has 0 unspecified atom stereocenters. The van der Waals surface area contributed by atoms with Crippen molar-refractivity contribution in [1.82, 2.24) is 10.2 Å². The van der Waals surface area contributed by atoms with E-state index in [2.05, 4.69) is 5.32 Å². The molecule has 0 heterocycles. The predicted octanol–water partition coefficient (Wildman–Crippen LogP) is -0.836. The summed E-state index contributed by atoms with van der Waals surface area (Å²) in [5, 5.41) is 11.1. The van der Waals surface area contributed by atoms with Crippen molar-refractivity contribution in [3.8, 4) is 0 Å². The Kier molecular flexibility index (Phi) is 8.08. The highest BCUT2D eigenvalue weighted by atomic mass is 32.2. The summed E-state index contributed by atoms with van der Waals surface area (Å²) < 4.78 is 26.5. The van der Waals surface area contributed by atoms with Gasteiger partial charge in [-0.3, -0.25) is 4.79 Å². The molecule has 0 aromatic rings. The number of hydrogen-bond donors (Lipinski definition) is 2. The molecule has 0 saturated heterocycles. The molecule has 0 saturated carbocycles. The molecular formula is C10H20N2O6S. The third-order valence-electron chi connectivity index (χ3n) is 2.15. The van der Waals surface area contributed by atoms with Gasteiger partial charge in [0.25, 0.3) is 0 Å². The minimum Gasteiger partial charge on any atom is -0.480 e. The molecule has 0 aliphatic rings. The molecule has 0 fully saturated rings. The van der Waals surface area contributed by atoms with Crippen LogP contribution in [0.15, 0.2) is 0 Å². The Morgan fingerprint density at radius 2 is 2.00 bits per heavy atom. The highest BCUT2D eigenvalue weighted by Gasteiger charge is 2.15. The maximum absolute atomic E-state index is 11.7. The first kappa shape index (κ1) is 17.6. The summed E-state index contributed by atoms with van der Waals surface area (Å²) in [4.78, 5) is 23.3. The van der Waals surface area contributed by atoms with Crippen LogP contribution in [-0.4, -0.2) is 75.8 Å². The normalized spacial score (nSPS) is 11.1. The van der Waals surface area contributed by atoms with Crippen LogP contribution in [0.1, 0.15) is 6.42 Å². The van der Waals surface area contributed by atoms with Crippen LogP contribution in [0, 0.1) is 0 Å². The fourth-order valence-corrected chi connectivity index (χ4v) is 1.93. The van der Waals surface area contributed by atoms with Crippen LogP contribution in [0.4, 0.5) is 4.79 Å². The van der Waals surface area contributed by atoms with E-state index >= 15 is 0 Å². The van der Waals surface area contributed by atoms with Gasteiger partial charge in [-0.15, -0.1) is 0 Å². The lowest BCUT2D eigenvalue weighted by Crippen LogP contribution is -2.44. The van der Waals surface area contributed by atoms with Gasteiger partial charge in [0.05, 0.1) is 12.4 Å². The number of carbonyl (C=O) groups excluding carboxylic acids is 1. The molecule has 9 heteroatoms. The number of nitrogens with zero attached hydrogens (tertiary/aromatic N) is 1. The number of amides is 2. The van der Waals surface area contributed by atoms with E-state index in [4.69, 9.17) is 9.84 Å². The van der Waals surface area contributed by atoms with Gasteiger partial charge < -0.3 is 20.1 Å². The molecule has 0 atom stereocenters. The number of ether oxygens (including phenoxy) is 1. The maximum Gasteiger partial charge on any atom is 0.323 e. The number of sulfone groups is 1. The lowest BCUT2D eigenvalue weighted by Gasteiger charge is -2.20. The fraction of sp³-hybridized carbons (Fsp3) is 0.800. The van der Waals surface area contributed by atoms with E-state index in [-0.39, 0.29) is 31.9 Å². The van der Waals surface area contributed by atoms with E-state index in [9.17, 15) is 18.0 Å². The number of aliphatic carboxylic acids is 1. The van der Waals surface area contributed by atoms with Crippen molar-refractivity contribution in [1.29, 1.82) is 0 Å². The Hall–Kier alpha value is -1.35. The first-order chi connectivity index (χ1) is 8.76. The van der Waals surface area contributed by atoms with Crippen molar-refractivity contribution in [2.75, 3.05) is 45.4 Å².